The molecule has 4 rings (SSSR count). The fourth-order valence-corrected chi connectivity index (χ4v) is 2.89. The van der Waals surface area contributed by atoms with Gasteiger partial charge in [-0.15, -0.1) is 10.2 Å². The minimum Gasteiger partial charge on any atom is -0.296 e. The van der Waals surface area contributed by atoms with E-state index in [0.29, 0.717) is 16.4 Å². The maximum Gasteiger partial charge on any atom is 0.261 e. The van der Waals surface area contributed by atoms with E-state index in [-0.39, 0.29) is 5.91 Å². The second-order valence-electron chi connectivity index (χ2n) is 5.24. The normalized spacial score (nSPS) is 10.6. The molecule has 0 spiro atoms. The fourth-order valence-electron chi connectivity index (χ4n) is 2.45. The molecular weight excluding hydrogens is 334 g/mol. The zero-order chi connectivity index (χ0) is 17.1. The van der Waals surface area contributed by atoms with Gasteiger partial charge in [0.25, 0.3) is 5.91 Å². The van der Waals surface area contributed by atoms with Gasteiger partial charge >= 0.3 is 0 Å². The highest BCUT2D eigenvalue weighted by Crippen LogP contribution is 2.24. The summed E-state index contributed by atoms with van der Waals surface area (Å²) < 4.78 is 1.71. The molecule has 25 heavy (non-hydrogen) atoms. The van der Waals surface area contributed by atoms with Gasteiger partial charge in [0.2, 0.25) is 5.13 Å². The van der Waals surface area contributed by atoms with Gasteiger partial charge in [-0.3, -0.25) is 10.1 Å². The Morgan fingerprint density at radius 2 is 1.72 bits per heavy atom. The number of rotatable bonds is 4. The van der Waals surface area contributed by atoms with E-state index < -0.39 is 0 Å². The van der Waals surface area contributed by atoms with E-state index in [1.54, 1.807) is 16.4 Å². The molecule has 1 N–H and O–H groups in total. The topological polar surface area (TPSA) is 72.7 Å². The van der Waals surface area contributed by atoms with Gasteiger partial charge in [0.1, 0.15) is 11.2 Å². The number of nitrogens with zero attached hydrogens (tertiary/aromatic N) is 4. The first-order valence-corrected chi connectivity index (χ1v) is 8.47. The van der Waals surface area contributed by atoms with Gasteiger partial charge in [-0.25, -0.2) is 4.68 Å². The standard InChI is InChI=1S/C18H13N5OS/c24-17(20-18-21-19-12-25-18)15-11-23(14-9-5-2-6-10-14)22-16(15)13-7-3-1-4-8-13/h1-12H,(H,20,21,24). The molecule has 7 heteroatoms. The number of benzene rings is 2. The van der Waals surface area contributed by atoms with Gasteiger partial charge in [-0.1, -0.05) is 59.9 Å². The summed E-state index contributed by atoms with van der Waals surface area (Å²) in [4.78, 5) is 12.7. The highest BCUT2D eigenvalue weighted by Gasteiger charge is 2.19. The van der Waals surface area contributed by atoms with Crippen molar-refractivity contribution in [3.63, 3.8) is 0 Å². The molecule has 2 heterocycles. The minimum atomic E-state index is -0.266. The third kappa shape index (κ3) is 3.17. The molecule has 0 saturated heterocycles. The lowest BCUT2D eigenvalue weighted by Gasteiger charge is -2.02. The quantitative estimate of drug-likeness (QED) is 0.612. The summed E-state index contributed by atoms with van der Waals surface area (Å²) >= 11 is 1.27. The number of carbonyl (C=O) groups is 1. The average Bonchev–Trinajstić information content (AvgIpc) is 3.33. The molecule has 0 saturated carbocycles. The van der Waals surface area contributed by atoms with Crippen molar-refractivity contribution in [2.45, 2.75) is 0 Å². The van der Waals surface area contributed by atoms with E-state index >= 15 is 0 Å². The Kier molecular flexibility index (Phi) is 4.05. The van der Waals surface area contributed by atoms with Gasteiger partial charge < -0.3 is 0 Å². The maximum absolute atomic E-state index is 12.7. The van der Waals surface area contributed by atoms with Crippen LogP contribution in [0.5, 0.6) is 0 Å². The molecule has 0 aliphatic heterocycles. The number of aromatic nitrogens is 4. The summed E-state index contributed by atoms with van der Waals surface area (Å²) in [5, 5.41) is 15.4. The second kappa shape index (κ2) is 6.66. The van der Waals surface area contributed by atoms with E-state index in [9.17, 15) is 4.79 Å². The molecule has 0 unspecified atom stereocenters. The molecular formula is C18H13N5OS. The summed E-state index contributed by atoms with van der Waals surface area (Å²) in [7, 11) is 0. The summed E-state index contributed by atoms with van der Waals surface area (Å²) in [5.74, 6) is -0.266. The second-order valence-corrected chi connectivity index (χ2v) is 6.07. The highest BCUT2D eigenvalue weighted by molar-refractivity contribution is 7.13. The van der Waals surface area contributed by atoms with Crippen molar-refractivity contribution in [2.75, 3.05) is 5.32 Å². The van der Waals surface area contributed by atoms with Gasteiger partial charge in [-0.05, 0) is 12.1 Å². The number of para-hydroxylation sites is 1. The maximum atomic E-state index is 12.7. The van der Waals surface area contributed by atoms with Crippen LogP contribution in [-0.2, 0) is 0 Å². The number of hydrogen-bond donors (Lipinski definition) is 1. The molecule has 0 radical (unpaired) electrons. The lowest BCUT2D eigenvalue weighted by atomic mass is 10.1. The molecule has 122 valence electrons. The lowest BCUT2D eigenvalue weighted by Crippen LogP contribution is -2.12. The summed E-state index contributed by atoms with van der Waals surface area (Å²) in [6, 6.07) is 19.3. The van der Waals surface area contributed by atoms with Gasteiger partial charge in [0.15, 0.2) is 0 Å². The molecule has 2 aromatic carbocycles. The molecule has 0 atom stereocenters. The number of amides is 1. The van der Waals surface area contributed by atoms with Gasteiger partial charge in [-0.2, -0.15) is 5.10 Å². The van der Waals surface area contributed by atoms with Crippen molar-refractivity contribution in [2.24, 2.45) is 0 Å². The molecule has 0 aliphatic rings. The summed E-state index contributed by atoms with van der Waals surface area (Å²) in [6.07, 6.45) is 1.73. The monoisotopic (exact) mass is 347 g/mol. The van der Waals surface area contributed by atoms with Gasteiger partial charge in [0, 0.05) is 11.8 Å². The van der Waals surface area contributed by atoms with Crippen LogP contribution in [0, 0.1) is 0 Å². The minimum absolute atomic E-state index is 0.266. The van der Waals surface area contributed by atoms with E-state index in [1.165, 1.54) is 11.3 Å². The van der Waals surface area contributed by atoms with Crippen molar-refractivity contribution < 1.29 is 4.79 Å². The molecule has 0 bridgehead atoms. The Morgan fingerprint density at radius 1 is 1.00 bits per heavy atom. The number of carbonyl (C=O) groups excluding carboxylic acids is 1. The number of nitrogens with one attached hydrogen (secondary N) is 1. The number of anilines is 1. The SMILES string of the molecule is O=C(Nc1nncs1)c1cn(-c2ccccc2)nc1-c1ccccc1. The summed E-state index contributed by atoms with van der Waals surface area (Å²) in [6.45, 7) is 0. The van der Waals surface area contributed by atoms with Crippen molar-refractivity contribution in [1.82, 2.24) is 20.0 Å². The average molecular weight is 347 g/mol. The predicted molar refractivity (Wildman–Crippen MR) is 96.9 cm³/mol. The largest absolute Gasteiger partial charge is 0.296 e. The zero-order valence-corrected chi connectivity index (χ0v) is 13.9. The first-order valence-electron chi connectivity index (χ1n) is 7.59. The smallest absolute Gasteiger partial charge is 0.261 e. The van der Waals surface area contributed by atoms with Gasteiger partial charge in [0.05, 0.1) is 11.3 Å². The molecule has 2 aromatic heterocycles. The van der Waals surface area contributed by atoms with Crippen LogP contribution in [0.4, 0.5) is 5.13 Å². The van der Waals surface area contributed by atoms with Crippen LogP contribution in [0.15, 0.2) is 72.4 Å². The molecule has 0 aliphatic carbocycles. The van der Waals surface area contributed by atoms with E-state index in [0.717, 1.165) is 11.3 Å². The Hall–Kier alpha value is -3.32. The highest BCUT2D eigenvalue weighted by atomic mass is 32.1. The summed E-state index contributed by atoms with van der Waals surface area (Å²) in [5.41, 5.74) is 4.42. The van der Waals surface area contributed by atoms with E-state index in [1.807, 2.05) is 60.7 Å². The fraction of sp³-hybridized carbons (Fsp3) is 0. The van der Waals surface area contributed by atoms with Crippen LogP contribution in [-0.4, -0.2) is 25.9 Å². The number of hydrogen-bond acceptors (Lipinski definition) is 5. The van der Waals surface area contributed by atoms with Crippen LogP contribution in [0.1, 0.15) is 10.4 Å². The predicted octanol–water partition coefficient (Wildman–Crippen LogP) is 3.64. The van der Waals surface area contributed by atoms with Crippen LogP contribution >= 0.6 is 11.3 Å². The molecule has 6 nitrogen and oxygen atoms in total. The molecule has 0 fully saturated rings. The lowest BCUT2D eigenvalue weighted by molar-refractivity contribution is 0.102. The Labute approximate surface area is 147 Å². The first kappa shape index (κ1) is 15.2. The molecule has 1 amide bonds. The Morgan fingerprint density at radius 3 is 2.40 bits per heavy atom. The van der Waals surface area contributed by atoms with E-state index in [2.05, 4.69) is 20.6 Å². The molecule has 4 aromatic rings. The van der Waals surface area contributed by atoms with E-state index in [4.69, 9.17) is 0 Å². The van der Waals surface area contributed by atoms with Crippen LogP contribution in [0.2, 0.25) is 0 Å². The van der Waals surface area contributed by atoms with Crippen molar-refractivity contribution in [3.05, 3.63) is 77.9 Å². The third-order valence-corrected chi connectivity index (χ3v) is 4.21. The van der Waals surface area contributed by atoms with Crippen LogP contribution in [0.25, 0.3) is 16.9 Å². The van der Waals surface area contributed by atoms with Crippen molar-refractivity contribution in [3.8, 4) is 16.9 Å². The van der Waals surface area contributed by atoms with Crippen molar-refractivity contribution in [1.29, 1.82) is 0 Å². The van der Waals surface area contributed by atoms with Crippen LogP contribution in [0.3, 0.4) is 0 Å². The van der Waals surface area contributed by atoms with Crippen LogP contribution < -0.4 is 5.32 Å². The Balaban J connectivity index is 1.78. The Bertz CT molecular complexity index is 981. The third-order valence-electron chi connectivity index (χ3n) is 3.61. The van der Waals surface area contributed by atoms with Crippen molar-refractivity contribution >= 4 is 22.4 Å². The first-order chi connectivity index (χ1) is 12.3. The zero-order valence-electron chi connectivity index (χ0n) is 13.0.